The van der Waals surface area contributed by atoms with E-state index < -0.39 is 0 Å². The van der Waals surface area contributed by atoms with Gasteiger partial charge in [-0.25, -0.2) is 4.98 Å². The van der Waals surface area contributed by atoms with Gasteiger partial charge in [0.05, 0.1) is 9.98 Å². The number of hydrogen-bond acceptors (Lipinski definition) is 3. The van der Waals surface area contributed by atoms with Crippen molar-refractivity contribution in [2.75, 3.05) is 5.32 Å². The number of unbranched alkanes of at least 4 members (excludes halogenated alkanes) is 8. The van der Waals surface area contributed by atoms with E-state index in [0.29, 0.717) is 11.6 Å². The first-order chi connectivity index (χ1) is 9.72. The summed E-state index contributed by atoms with van der Waals surface area (Å²) in [6, 6.07) is 0. The Bertz CT molecular complexity index is 382. The fourth-order valence-corrected chi connectivity index (χ4v) is 3.21. The van der Waals surface area contributed by atoms with Crippen LogP contribution in [0.5, 0.6) is 0 Å². The molecule has 0 atom stereocenters. The van der Waals surface area contributed by atoms with E-state index in [0.717, 1.165) is 16.6 Å². The van der Waals surface area contributed by atoms with E-state index in [1.165, 1.54) is 56.3 Å². The fraction of sp³-hybridized carbons (Fsp3) is 0.733. The zero-order valence-electron chi connectivity index (χ0n) is 12.3. The van der Waals surface area contributed by atoms with E-state index in [-0.39, 0.29) is 5.91 Å². The van der Waals surface area contributed by atoms with Gasteiger partial charge < -0.3 is 5.32 Å². The summed E-state index contributed by atoms with van der Waals surface area (Å²) in [5.74, 6) is 0.0785. The summed E-state index contributed by atoms with van der Waals surface area (Å²) >= 11 is 4.78. The maximum Gasteiger partial charge on any atom is 0.226 e. The molecule has 1 aromatic heterocycles. The van der Waals surface area contributed by atoms with Gasteiger partial charge in [-0.05, 0) is 22.4 Å². The Labute approximate surface area is 134 Å². The molecule has 0 aliphatic heterocycles. The number of rotatable bonds is 11. The Hall–Kier alpha value is -0.420. The molecule has 0 saturated heterocycles. The molecular formula is C15H25BrN2OS. The third kappa shape index (κ3) is 8.69. The molecule has 0 radical (unpaired) electrons. The molecule has 0 aromatic carbocycles. The lowest BCUT2D eigenvalue weighted by Crippen LogP contribution is -2.10. The van der Waals surface area contributed by atoms with Crippen molar-refractivity contribution in [1.29, 1.82) is 0 Å². The Morgan fingerprint density at radius 2 is 1.75 bits per heavy atom. The van der Waals surface area contributed by atoms with Crippen LogP contribution in [0.25, 0.3) is 0 Å². The van der Waals surface area contributed by atoms with Crippen LogP contribution in [0.4, 0.5) is 5.13 Å². The molecule has 0 spiro atoms. The largest absolute Gasteiger partial charge is 0.302 e. The second-order valence-corrected chi connectivity index (χ2v) is 7.51. The summed E-state index contributed by atoms with van der Waals surface area (Å²) < 4.78 is 0.941. The highest BCUT2D eigenvalue weighted by Gasteiger charge is 2.05. The average Bonchev–Trinajstić information content (AvgIpc) is 2.82. The molecule has 5 heteroatoms. The molecule has 0 aliphatic rings. The quantitative estimate of drug-likeness (QED) is 0.509. The van der Waals surface area contributed by atoms with Gasteiger partial charge >= 0.3 is 0 Å². The van der Waals surface area contributed by atoms with E-state index in [9.17, 15) is 4.79 Å². The minimum Gasteiger partial charge on any atom is -0.302 e. The van der Waals surface area contributed by atoms with Crippen LogP contribution in [-0.2, 0) is 4.79 Å². The molecular weight excluding hydrogens is 336 g/mol. The van der Waals surface area contributed by atoms with E-state index >= 15 is 0 Å². The van der Waals surface area contributed by atoms with E-state index in [1.54, 1.807) is 6.20 Å². The van der Waals surface area contributed by atoms with Gasteiger partial charge in [-0.3, -0.25) is 4.79 Å². The molecule has 114 valence electrons. The van der Waals surface area contributed by atoms with Gasteiger partial charge in [0, 0.05) is 6.42 Å². The first-order valence-corrected chi connectivity index (χ1v) is 9.24. The van der Waals surface area contributed by atoms with E-state index in [4.69, 9.17) is 0 Å². The summed E-state index contributed by atoms with van der Waals surface area (Å²) in [6.07, 6.45) is 13.8. The summed E-state index contributed by atoms with van der Waals surface area (Å²) in [7, 11) is 0. The highest BCUT2D eigenvalue weighted by molar-refractivity contribution is 9.11. The fourth-order valence-electron chi connectivity index (χ4n) is 2.09. The van der Waals surface area contributed by atoms with Gasteiger partial charge in [0.2, 0.25) is 5.91 Å². The van der Waals surface area contributed by atoms with Crippen molar-refractivity contribution in [3.05, 3.63) is 9.98 Å². The number of carbonyl (C=O) groups is 1. The molecule has 1 N–H and O–H groups in total. The predicted octanol–water partition coefficient (Wildman–Crippen LogP) is 5.77. The highest BCUT2D eigenvalue weighted by Crippen LogP contribution is 2.23. The van der Waals surface area contributed by atoms with Crippen LogP contribution in [0.3, 0.4) is 0 Å². The molecule has 1 amide bonds. The molecule has 0 fully saturated rings. The summed E-state index contributed by atoms with van der Waals surface area (Å²) in [6.45, 7) is 2.25. The monoisotopic (exact) mass is 360 g/mol. The van der Waals surface area contributed by atoms with Crippen LogP contribution in [0.1, 0.15) is 71.1 Å². The van der Waals surface area contributed by atoms with Crippen LogP contribution < -0.4 is 5.32 Å². The van der Waals surface area contributed by atoms with Crippen molar-refractivity contribution in [1.82, 2.24) is 4.98 Å². The second-order valence-electron chi connectivity index (χ2n) is 5.10. The van der Waals surface area contributed by atoms with Crippen molar-refractivity contribution in [2.45, 2.75) is 71.1 Å². The zero-order chi connectivity index (χ0) is 14.6. The Balaban J connectivity index is 1.92. The second kappa shape index (κ2) is 11.3. The van der Waals surface area contributed by atoms with Crippen LogP contribution >= 0.6 is 27.3 Å². The standard InChI is InChI=1S/C15H25BrN2OS/c1-2-3-4-5-6-7-8-9-10-11-14(19)18-15-17-12-13(16)20-15/h12H,2-11H2,1H3,(H,17,18,19). The molecule has 3 nitrogen and oxygen atoms in total. The van der Waals surface area contributed by atoms with Crippen molar-refractivity contribution in [3.63, 3.8) is 0 Å². The Morgan fingerprint density at radius 3 is 2.30 bits per heavy atom. The molecule has 1 rings (SSSR count). The van der Waals surface area contributed by atoms with Crippen LogP contribution in [-0.4, -0.2) is 10.9 Å². The first-order valence-electron chi connectivity index (χ1n) is 7.63. The molecule has 0 bridgehead atoms. The molecule has 1 aromatic rings. The number of anilines is 1. The third-order valence-corrected chi connectivity index (χ3v) is 4.62. The maximum absolute atomic E-state index is 11.7. The lowest BCUT2D eigenvalue weighted by molar-refractivity contribution is -0.116. The number of thiazole rings is 1. The summed E-state index contributed by atoms with van der Waals surface area (Å²) in [5, 5.41) is 3.50. The van der Waals surface area contributed by atoms with Crippen LogP contribution in [0.15, 0.2) is 9.98 Å². The van der Waals surface area contributed by atoms with Crippen molar-refractivity contribution < 1.29 is 4.79 Å². The SMILES string of the molecule is CCCCCCCCCCCC(=O)Nc1ncc(Br)s1. The number of aromatic nitrogens is 1. The lowest BCUT2D eigenvalue weighted by atomic mass is 10.1. The van der Waals surface area contributed by atoms with Gasteiger partial charge in [0.15, 0.2) is 5.13 Å². The normalized spacial score (nSPS) is 10.7. The van der Waals surface area contributed by atoms with Gasteiger partial charge in [-0.1, -0.05) is 69.6 Å². The third-order valence-electron chi connectivity index (χ3n) is 3.23. The molecule has 0 unspecified atom stereocenters. The van der Waals surface area contributed by atoms with Gasteiger partial charge in [-0.15, -0.1) is 0 Å². The van der Waals surface area contributed by atoms with Gasteiger partial charge in [-0.2, -0.15) is 0 Å². The minimum absolute atomic E-state index is 0.0785. The zero-order valence-corrected chi connectivity index (χ0v) is 14.7. The number of carbonyl (C=O) groups excluding carboxylic acids is 1. The molecule has 20 heavy (non-hydrogen) atoms. The molecule has 0 saturated carbocycles. The van der Waals surface area contributed by atoms with Gasteiger partial charge in [0.25, 0.3) is 0 Å². The molecule has 0 aliphatic carbocycles. The van der Waals surface area contributed by atoms with Gasteiger partial charge in [0.1, 0.15) is 0 Å². The number of nitrogens with one attached hydrogen (secondary N) is 1. The Kier molecular flexibility index (Phi) is 9.93. The number of halogens is 1. The van der Waals surface area contributed by atoms with Crippen LogP contribution in [0, 0.1) is 0 Å². The number of nitrogens with zero attached hydrogens (tertiary/aromatic N) is 1. The maximum atomic E-state index is 11.7. The number of hydrogen-bond donors (Lipinski definition) is 1. The predicted molar refractivity (Wildman–Crippen MR) is 90.3 cm³/mol. The number of amides is 1. The Morgan fingerprint density at radius 1 is 1.15 bits per heavy atom. The van der Waals surface area contributed by atoms with Crippen LogP contribution in [0.2, 0.25) is 0 Å². The summed E-state index contributed by atoms with van der Waals surface area (Å²) in [4.78, 5) is 15.8. The van der Waals surface area contributed by atoms with E-state index in [2.05, 4.69) is 33.2 Å². The lowest BCUT2D eigenvalue weighted by Gasteiger charge is -2.02. The highest BCUT2D eigenvalue weighted by atomic mass is 79.9. The topological polar surface area (TPSA) is 42.0 Å². The smallest absolute Gasteiger partial charge is 0.226 e. The minimum atomic E-state index is 0.0785. The summed E-state index contributed by atoms with van der Waals surface area (Å²) in [5.41, 5.74) is 0. The average molecular weight is 361 g/mol. The molecule has 1 heterocycles. The first kappa shape index (κ1) is 17.6. The van der Waals surface area contributed by atoms with E-state index in [1.807, 2.05) is 0 Å². The van der Waals surface area contributed by atoms with Crippen molar-refractivity contribution in [3.8, 4) is 0 Å². The van der Waals surface area contributed by atoms with Crippen molar-refractivity contribution in [2.24, 2.45) is 0 Å². The van der Waals surface area contributed by atoms with Crippen molar-refractivity contribution >= 4 is 38.3 Å².